The highest BCUT2D eigenvalue weighted by Gasteiger charge is 2.51. The highest BCUT2D eigenvalue weighted by Crippen LogP contribution is 2.63. The minimum Gasteiger partial charge on any atom is -0.309 e. The lowest BCUT2D eigenvalue weighted by Gasteiger charge is -2.31. The van der Waals surface area contributed by atoms with E-state index >= 15 is 0 Å². The summed E-state index contributed by atoms with van der Waals surface area (Å²) in [5.74, 6) is 0. The lowest BCUT2D eigenvalue weighted by atomic mass is 9.70. The molecule has 16 rings (SSSR count). The molecule has 1 spiro atoms. The fourth-order valence-electron chi connectivity index (χ4n) is 13.5. The summed E-state index contributed by atoms with van der Waals surface area (Å²) >= 11 is 0. The zero-order chi connectivity index (χ0) is 50.9. The Balaban J connectivity index is 0.772. The average Bonchev–Trinajstić information content (AvgIpc) is 3.47. The van der Waals surface area contributed by atoms with Gasteiger partial charge >= 0.3 is 0 Å². The first-order valence-corrected chi connectivity index (χ1v) is 26.9. The van der Waals surface area contributed by atoms with Gasteiger partial charge in [0.25, 0.3) is 0 Å². The zero-order valence-corrected chi connectivity index (χ0v) is 42.8. The molecule has 0 fully saturated rings. The van der Waals surface area contributed by atoms with Crippen molar-refractivity contribution in [1.29, 1.82) is 0 Å². The molecule has 0 radical (unpaired) electrons. The van der Waals surface area contributed by atoms with Crippen molar-refractivity contribution in [2.75, 3.05) is 0 Å². The number of aromatic nitrogens is 2. The smallest absolute Gasteiger partial charge is 0.0725 e. The molecule has 0 amide bonds. The van der Waals surface area contributed by atoms with E-state index in [0.29, 0.717) is 0 Å². The Morgan fingerprint density at radius 3 is 0.961 bits per heavy atom. The maximum Gasteiger partial charge on any atom is 0.0725 e. The van der Waals surface area contributed by atoms with Crippen LogP contribution in [0.3, 0.4) is 0 Å². The summed E-state index contributed by atoms with van der Waals surface area (Å²) in [5.41, 5.74) is 29.5. The normalized spacial score (nSPS) is 12.9. The van der Waals surface area contributed by atoms with Crippen molar-refractivity contribution >= 4 is 43.6 Å². The van der Waals surface area contributed by atoms with Crippen molar-refractivity contribution in [3.05, 3.63) is 300 Å². The minimum atomic E-state index is -0.482. The van der Waals surface area contributed by atoms with Crippen LogP contribution in [0.1, 0.15) is 33.4 Å². The van der Waals surface area contributed by atoms with Crippen LogP contribution in [0.15, 0.2) is 267 Å². The molecular formula is C75H50N2. The van der Waals surface area contributed by atoms with Crippen LogP contribution >= 0.6 is 0 Å². The zero-order valence-electron chi connectivity index (χ0n) is 42.8. The summed E-state index contributed by atoms with van der Waals surface area (Å²) in [5, 5.41) is 5.05. The van der Waals surface area contributed by atoms with Gasteiger partial charge in [-0.2, -0.15) is 0 Å². The number of hydrogen-bond donors (Lipinski definition) is 0. The Bertz CT molecular complexity index is 4410. The van der Waals surface area contributed by atoms with Crippen molar-refractivity contribution in [2.24, 2.45) is 0 Å². The van der Waals surface area contributed by atoms with Gasteiger partial charge in [0.15, 0.2) is 0 Å². The summed E-state index contributed by atoms with van der Waals surface area (Å²) in [6.07, 6.45) is 0. The summed E-state index contributed by atoms with van der Waals surface area (Å²) < 4.78 is 4.79. The van der Waals surface area contributed by atoms with Crippen LogP contribution in [0.25, 0.3) is 122 Å². The van der Waals surface area contributed by atoms with Crippen molar-refractivity contribution < 1.29 is 0 Å². The van der Waals surface area contributed by atoms with E-state index in [2.05, 4.69) is 290 Å². The fourth-order valence-corrected chi connectivity index (χ4v) is 13.5. The average molecular weight is 979 g/mol. The summed E-state index contributed by atoms with van der Waals surface area (Å²) in [6, 6.07) is 100. The summed E-state index contributed by atoms with van der Waals surface area (Å²) in [6.45, 7) is 4.29. The van der Waals surface area contributed by atoms with Crippen LogP contribution in [0.5, 0.6) is 0 Å². The molecule has 360 valence electrons. The van der Waals surface area contributed by atoms with Gasteiger partial charge in [0.1, 0.15) is 0 Å². The number of nitrogens with zero attached hydrogens (tertiary/aromatic N) is 2. The van der Waals surface area contributed by atoms with Gasteiger partial charge < -0.3 is 9.13 Å². The predicted octanol–water partition coefficient (Wildman–Crippen LogP) is 19.5. The molecule has 2 heterocycles. The molecule has 0 unspecified atom stereocenters. The van der Waals surface area contributed by atoms with Crippen LogP contribution in [-0.4, -0.2) is 9.13 Å². The largest absolute Gasteiger partial charge is 0.309 e. The lowest BCUT2D eigenvalue weighted by molar-refractivity contribution is 0.794. The van der Waals surface area contributed by atoms with Gasteiger partial charge in [-0.05, 0) is 176 Å². The molecular weight excluding hydrogens is 929 g/mol. The van der Waals surface area contributed by atoms with Gasteiger partial charge in [0.05, 0.1) is 27.5 Å². The Labute approximate surface area is 448 Å². The Morgan fingerprint density at radius 1 is 0.234 bits per heavy atom. The molecule has 0 saturated carbocycles. The van der Waals surface area contributed by atoms with Crippen LogP contribution in [0, 0.1) is 13.8 Å². The maximum absolute atomic E-state index is 2.50. The Hall–Kier alpha value is -9.76. The van der Waals surface area contributed by atoms with Crippen LogP contribution in [0.4, 0.5) is 0 Å². The third-order valence-electron chi connectivity index (χ3n) is 17.1. The first-order chi connectivity index (χ1) is 38.0. The van der Waals surface area contributed by atoms with E-state index in [-0.39, 0.29) is 0 Å². The van der Waals surface area contributed by atoms with Crippen molar-refractivity contribution in [1.82, 2.24) is 9.13 Å². The number of fused-ring (bicyclic) bond motifs is 16. The molecule has 77 heavy (non-hydrogen) atoms. The molecule has 0 aliphatic heterocycles. The molecule has 2 aliphatic rings. The summed E-state index contributed by atoms with van der Waals surface area (Å²) in [7, 11) is 0. The highest BCUT2D eigenvalue weighted by molar-refractivity contribution is 6.12. The molecule has 0 saturated heterocycles. The first-order valence-electron chi connectivity index (χ1n) is 26.9. The van der Waals surface area contributed by atoms with E-state index in [9.17, 15) is 0 Å². The molecule has 14 aromatic rings. The number of benzene rings is 12. The molecule has 12 aromatic carbocycles. The van der Waals surface area contributed by atoms with E-state index in [1.165, 1.54) is 155 Å². The third-order valence-corrected chi connectivity index (χ3v) is 17.1. The van der Waals surface area contributed by atoms with Gasteiger partial charge in [-0.1, -0.05) is 205 Å². The molecule has 2 heteroatoms. The summed E-state index contributed by atoms with van der Waals surface area (Å²) in [4.78, 5) is 0. The van der Waals surface area contributed by atoms with E-state index in [0.717, 1.165) is 0 Å². The van der Waals surface area contributed by atoms with Gasteiger partial charge in [-0.3, -0.25) is 0 Å². The lowest BCUT2D eigenvalue weighted by Crippen LogP contribution is -2.26. The van der Waals surface area contributed by atoms with E-state index in [1.807, 2.05) is 0 Å². The topological polar surface area (TPSA) is 9.86 Å². The predicted molar refractivity (Wildman–Crippen MR) is 323 cm³/mol. The fraction of sp³-hybridized carbons (Fsp3) is 0.0400. The minimum absolute atomic E-state index is 0.482. The van der Waals surface area contributed by atoms with E-state index in [4.69, 9.17) is 0 Å². The maximum atomic E-state index is 2.50. The van der Waals surface area contributed by atoms with Gasteiger partial charge in [0.2, 0.25) is 0 Å². The second-order valence-electron chi connectivity index (χ2n) is 21.4. The molecule has 2 nitrogen and oxygen atoms in total. The van der Waals surface area contributed by atoms with E-state index in [1.54, 1.807) is 0 Å². The van der Waals surface area contributed by atoms with Crippen molar-refractivity contribution in [3.8, 4) is 78.1 Å². The Kier molecular flexibility index (Phi) is 9.42. The highest BCUT2D eigenvalue weighted by atomic mass is 15.0. The second kappa shape index (κ2) is 16.6. The molecule has 0 N–H and O–H groups in total. The molecule has 0 bridgehead atoms. The molecule has 2 aromatic heterocycles. The van der Waals surface area contributed by atoms with Crippen LogP contribution in [-0.2, 0) is 5.41 Å². The van der Waals surface area contributed by atoms with Crippen molar-refractivity contribution in [2.45, 2.75) is 19.3 Å². The van der Waals surface area contributed by atoms with Crippen LogP contribution in [0.2, 0.25) is 0 Å². The Morgan fingerprint density at radius 2 is 0.545 bits per heavy atom. The first kappa shape index (κ1) is 43.6. The second-order valence-corrected chi connectivity index (χ2v) is 21.4. The number of rotatable bonds is 6. The molecule has 0 atom stereocenters. The van der Waals surface area contributed by atoms with Crippen molar-refractivity contribution in [3.63, 3.8) is 0 Å². The monoisotopic (exact) mass is 978 g/mol. The number of aryl methyl sites for hydroxylation is 2. The number of hydrogen-bond acceptors (Lipinski definition) is 0. The van der Waals surface area contributed by atoms with E-state index < -0.39 is 5.41 Å². The standard InChI is InChI=1S/C75H50N2/c1-47-19-35-57(36-20-47)76-71-17-9-5-13-63(71)65-43-53(33-41-73(65)76)49-23-27-51(28-24-49)55-31-39-61-62-40-32-56(46-70(62)75(69(61)45-55)67-15-7-3-11-59(67)60-12-4-8-16-68(60)75)52-29-25-50(26-30-52)54-34-42-74-66(44-54)64-14-6-10-18-72(64)77(74)58-37-21-48(2)22-38-58/h3-46H,1-2H3. The SMILES string of the molecule is Cc1ccc(-n2c3ccccc3c3cc(-c4ccc(-c5ccc6c(c5)C5(c7ccccc7-c7ccccc75)c5cc(-c7ccc(-c8ccc9c(c8)c8ccccc8n9-c8ccc(C)cc8)cc7)ccc5-6)cc4)ccc32)cc1. The van der Waals surface area contributed by atoms with Gasteiger partial charge in [-0.25, -0.2) is 0 Å². The van der Waals surface area contributed by atoms with Gasteiger partial charge in [0, 0.05) is 32.9 Å². The van der Waals surface area contributed by atoms with Gasteiger partial charge in [-0.15, -0.1) is 0 Å². The van der Waals surface area contributed by atoms with Crippen LogP contribution < -0.4 is 0 Å². The quantitative estimate of drug-likeness (QED) is 0.157. The molecule has 2 aliphatic carbocycles. The third kappa shape index (κ3) is 6.43. The number of para-hydroxylation sites is 2.